The summed E-state index contributed by atoms with van der Waals surface area (Å²) < 4.78 is 0. The smallest absolute Gasteiger partial charge is 0.00695 e. The molecule has 0 heterocycles. The number of hydrogen-bond acceptors (Lipinski definition) is 1. The maximum absolute atomic E-state index is 2.31. The van der Waals surface area contributed by atoms with E-state index in [0.29, 0.717) is 0 Å². The first-order valence-electron chi connectivity index (χ1n) is 7.42. The molecule has 22 heavy (non-hydrogen) atoms. The second kappa shape index (κ2) is 5.51. The van der Waals surface area contributed by atoms with Gasteiger partial charge in [-0.15, -0.1) is 11.8 Å². The highest BCUT2D eigenvalue weighted by Gasteiger charge is 2.07. The zero-order valence-electron chi connectivity index (χ0n) is 12.4. The Morgan fingerprint density at radius 1 is 0.636 bits per heavy atom. The molecule has 0 fully saturated rings. The lowest BCUT2D eigenvalue weighted by Gasteiger charge is -2.11. The fraction of sp³-hybridized carbons (Fsp3) is 0.0476. The Labute approximate surface area is 134 Å². The quantitative estimate of drug-likeness (QED) is 0.305. The molecule has 0 N–H and O–H groups in total. The summed E-state index contributed by atoms with van der Waals surface area (Å²) in [5, 5.41) is 5.26. The molecule has 0 unspecified atom stereocenters. The Hall–Kier alpha value is -2.25. The van der Waals surface area contributed by atoms with Crippen molar-refractivity contribution in [2.24, 2.45) is 0 Å². The third-order valence-electron chi connectivity index (χ3n) is 4.17. The number of hydrogen-bond donors (Lipinski definition) is 0. The number of thioether (sulfide) groups is 1. The van der Waals surface area contributed by atoms with E-state index in [1.165, 1.54) is 37.6 Å². The Balaban J connectivity index is 2.06. The third kappa shape index (κ3) is 2.18. The normalized spacial score (nSPS) is 11.1. The molecule has 0 spiro atoms. The molecule has 0 aliphatic rings. The molecule has 4 aromatic rings. The van der Waals surface area contributed by atoms with Crippen LogP contribution in [-0.4, -0.2) is 6.26 Å². The largest absolute Gasteiger partial charge is 0.130 e. The highest BCUT2D eigenvalue weighted by Crippen LogP contribution is 2.35. The molecule has 0 saturated heterocycles. The van der Waals surface area contributed by atoms with Crippen LogP contribution < -0.4 is 0 Å². The molecule has 0 aliphatic carbocycles. The van der Waals surface area contributed by atoms with Crippen molar-refractivity contribution >= 4 is 33.3 Å². The lowest BCUT2D eigenvalue weighted by atomic mass is 9.93. The minimum Gasteiger partial charge on any atom is -0.130 e. The zero-order valence-corrected chi connectivity index (χ0v) is 13.2. The van der Waals surface area contributed by atoms with E-state index in [1.807, 2.05) is 0 Å². The first kappa shape index (κ1) is 13.4. The summed E-state index contributed by atoms with van der Waals surface area (Å²) in [5.74, 6) is 0. The number of benzene rings is 4. The minimum absolute atomic E-state index is 1.28. The summed E-state index contributed by atoms with van der Waals surface area (Å²) in [6.45, 7) is 0. The van der Waals surface area contributed by atoms with Crippen molar-refractivity contribution in [3.05, 3.63) is 78.9 Å². The van der Waals surface area contributed by atoms with Crippen LogP contribution in [0.5, 0.6) is 0 Å². The second-order valence-electron chi connectivity index (χ2n) is 5.42. The zero-order chi connectivity index (χ0) is 14.9. The van der Waals surface area contributed by atoms with Gasteiger partial charge in [0.25, 0.3) is 0 Å². The maximum atomic E-state index is 2.31. The predicted molar refractivity (Wildman–Crippen MR) is 98.7 cm³/mol. The van der Waals surface area contributed by atoms with Crippen LogP contribution in [0.3, 0.4) is 0 Å². The fourth-order valence-corrected chi connectivity index (χ4v) is 3.47. The summed E-state index contributed by atoms with van der Waals surface area (Å²) >= 11 is 1.78. The molecular weight excluding hydrogens is 284 g/mol. The van der Waals surface area contributed by atoms with E-state index in [4.69, 9.17) is 0 Å². The summed E-state index contributed by atoms with van der Waals surface area (Å²) in [5.41, 5.74) is 2.58. The molecule has 0 aromatic heterocycles. The van der Waals surface area contributed by atoms with Crippen LogP contribution in [0.15, 0.2) is 83.8 Å². The van der Waals surface area contributed by atoms with Crippen molar-refractivity contribution in [3.63, 3.8) is 0 Å². The molecule has 0 radical (unpaired) electrons. The van der Waals surface area contributed by atoms with Crippen molar-refractivity contribution in [2.75, 3.05) is 6.26 Å². The van der Waals surface area contributed by atoms with Gasteiger partial charge in [-0.2, -0.15) is 0 Å². The summed E-state index contributed by atoms with van der Waals surface area (Å²) in [4.78, 5) is 1.30. The summed E-state index contributed by atoms with van der Waals surface area (Å²) in [6, 6.07) is 28.5. The molecule has 106 valence electrons. The molecule has 0 bridgehead atoms. The SMILES string of the molecule is CSc1ccc(-c2cc3ccccc3c3ccccc23)cc1. The molecule has 0 aliphatic heterocycles. The first-order valence-corrected chi connectivity index (χ1v) is 8.64. The van der Waals surface area contributed by atoms with Crippen molar-refractivity contribution in [1.29, 1.82) is 0 Å². The minimum atomic E-state index is 1.28. The van der Waals surface area contributed by atoms with E-state index in [1.54, 1.807) is 11.8 Å². The third-order valence-corrected chi connectivity index (χ3v) is 4.91. The van der Waals surface area contributed by atoms with Crippen molar-refractivity contribution < 1.29 is 0 Å². The first-order chi connectivity index (χ1) is 10.9. The number of fused-ring (bicyclic) bond motifs is 3. The van der Waals surface area contributed by atoms with Crippen LogP contribution in [0.25, 0.3) is 32.7 Å². The Kier molecular flexibility index (Phi) is 3.36. The van der Waals surface area contributed by atoms with Gasteiger partial charge in [0, 0.05) is 4.90 Å². The highest BCUT2D eigenvalue weighted by molar-refractivity contribution is 7.98. The van der Waals surface area contributed by atoms with E-state index in [2.05, 4.69) is 85.1 Å². The monoisotopic (exact) mass is 300 g/mol. The van der Waals surface area contributed by atoms with Gasteiger partial charge in [0.05, 0.1) is 0 Å². The van der Waals surface area contributed by atoms with Crippen LogP contribution in [0, 0.1) is 0 Å². The van der Waals surface area contributed by atoms with Gasteiger partial charge < -0.3 is 0 Å². The van der Waals surface area contributed by atoms with Crippen molar-refractivity contribution in [3.8, 4) is 11.1 Å². The van der Waals surface area contributed by atoms with Crippen LogP contribution in [0.2, 0.25) is 0 Å². The van der Waals surface area contributed by atoms with Gasteiger partial charge in [0.2, 0.25) is 0 Å². The van der Waals surface area contributed by atoms with Crippen LogP contribution >= 0.6 is 11.8 Å². The molecule has 1 heteroatoms. The molecule has 4 aromatic carbocycles. The Morgan fingerprint density at radius 3 is 2.00 bits per heavy atom. The molecule has 0 atom stereocenters. The van der Waals surface area contributed by atoms with Gasteiger partial charge in [0.15, 0.2) is 0 Å². The molecule has 4 rings (SSSR count). The highest BCUT2D eigenvalue weighted by atomic mass is 32.2. The van der Waals surface area contributed by atoms with Gasteiger partial charge in [-0.25, -0.2) is 0 Å². The van der Waals surface area contributed by atoms with Crippen molar-refractivity contribution in [1.82, 2.24) is 0 Å². The van der Waals surface area contributed by atoms with E-state index in [9.17, 15) is 0 Å². The summed E-state index contributed by atoms with van der Waals surface area (Å²) in [7, 11) is 0. The lowest BCUT2D eigenvalue weighted by molar-refractivity contribution is 1.47. The van der Waals surface area contributed by atoms with E-state index in [-0.39, 0.29) is 0 Å². The van der Waals surface area contributed by atoms with E-state index < -0.39 is 0 Å². The fourth-order valence-electron chi connectivity index (χ4n) is 3.06. The van der Waals surface area contributed by atoms with E-state index in [0.717, 1.165) is 0 Å². The van der Waals surface area contributed by atoms with Crippen LogP contribution in [0.4, 0.5) is 0 Å². The van der Waals surface area contributed by atoms with Gasteiger partial charge in [0.1, 0.15) is 0 Å². The second-order valence-corrected chi connectivity index (χ2v) is 6.30. The topological polar surface area (TPSA) is 0 Å². The van der Waals surface area contributed by atoms with Gasteiger partial charge in [-0.1, -0.05) is 60.7 Å². The lowest BCUT2D eigenvalue weighted by Crippen LogP contribution is -1.84. The predicted octanol–water partition coefficient (Wildman–Crippen LogP) is 6.38. The van der Waals surface area contributed by atoms with Crippen LogP contribution in [0.1, 0.15) is 0 Å². The van der Waals surface area contributed by atoms with E-state index >= 15 is 0 Å². The van der Waals surface area contributed by atoms with Gasteiger partial charge in [-0.3, -0.25) is 0 Å². The van der Waals surface area contributed by atoms with Gasteiger partial charge >= 0.3 is 0 Å². The molecular formula is C21H16S. The van der Waals surface area contributed by atoms with Crippen LogP contribution in [-0.2, 0) is 0 Å². The maximum Gasteiger partial charge on any atom is 0.00695 e. The van der Waals surface area contributed by atoms with Crippen molar-refractivity contribution in [2.45, 2.75) is 4.90 Å². The molecule has 0 saturated carbocycles. The average Bonchev–Trinajstić information content (AvgIpc) is 2.61. The standard InChI is InChI=1S/C21H16S/c1-22-17-12-10-15(11-13-17)21-14-16-6-2-3-7-18(16)19-8-4-5-9-20(19)21/h2-14H,1H3. The summed E-state index contributed by atoms with van der Waals surface area (Å²) in [6.07, 6.45) is 2.11. The Morgan fingerprint density at radius 2 is 1.27 bits per heavy atom. The Bertz CT molecular complexity index is 952. The number of rotatable bonds is 2. The molecule has 0 nitrogen and oxygen atoms in total. The van der Waals surface area contributed by atoms with Gasteiger partial charge in [-0.05, 0) is 57.1 Å². The molecule has 0 amide bonds. The average molecular weight is 300 g/mol.